The summed E-state index contributed by atoms with van der Waals surface area (Å²) in [6, 6.07) is -0.581. The van der Waals surface area contributed by atoms with Gasteiger partial charge in [0.05, 0.1) is 13.0 Å². The van der Waals surface area contributed by atoms with E-state index < -0.39 is 17.9 Å². The van der Waals surface area contributed by atoms with Gasteiger partial charge in [-0.3, -0.25) is 14.9 Å². The van der Waals surface area contributed by atoms with Crippen molar-refractivity contribution in [2.45, 2.75) is 12.8 Å². The molecule has 0 atom stereocenters. The minimum Gasteiger partial charge on any atom is -0.481 e. The topological polar surface area (TPSA) is 95.9 Å². The minimum atomic E-state index is -1.08. The third-order valence-corrected chi connectivity index (χ3v) is 2.01. The number of rotatable bonds is 8. The van der Waals surface area contributed by atoms with E-state index in [4.69, 9.17) is 9.84 Å². The van der Waals surface area contributed by atoms with Crippen molar-refractivity contribution in [2.24, 2.45) is 0 Å². The van der Waals surface area contributed by atoms with Crippen LogP contribution < -0.4 is 5.32 Å². The number of nitrogens with one attached hydrogen (secondary N) is 1. The summed E-state index contributed by atoms with van der Waals surface area (Å²) in [4.78, 5) is 34.5. The fourth-order valence-corrected chi connectivity index (χ4v) is 1.11. The molecule has 102 valence electrons. The van der Waals surface area contributed by atoms with Crippen LogP contribution in [0.2, 0.25) is 0 Å². The number of methoxy groups -OCH3 is 1. The second-order valence-corrected chi connectivity index (χ2v) is 3.47. The lowest BCUT2D eigenvalue weighted by atomic mass is 10.3. The number of nitrogens with zero attached hydrogens (tertiary/aromatic N) is 1. The van der Waals surface area contributed by atoms with Gasteiger partial charge in [0.1, 0.15) is 0 Å². The summed E-state index contributed by atoms with van der Waals surface area (Å²) in [6.45, 7) is 4.44. The lowest BCUT2D eigenvalue weighted by Crippen LogP contribution is -2.44. The zero-order valence-corrected chi connectivity index (χ0v) is 10.3. The summed E-state index contributed by atoms with van der Waals surface area (Å²) in [5, 5.41) is 10.5. The highest BCUT2D eigenvalue weighted by Crippen LogP contribution is 1.94. The standard InChI is InChI=1S/C11H18N2O5/c1-3-6-13(7-8-18-2)11(17)12-9(14)4-5-10(15)16/h3H,1,4-8H2,2H3,(H,15,16)(H,12,14,17). The largest absolute Gasteiger partial charge is 0.481 e. The number of aliphatic carboxylic acids is 1. The third-order valence-electron chi connectivity index (χ3n) is 2.01. The summed E-state index contributed by atoms with van der Waals surface area (Å²) in [5.41, 5.74) is 0. The zero-order chi connectivity index (χ0) is 14.0. The number of carbonyl (C=O) groups is 3. The van der Waals surface area contributed by atoms with E-state index in [9.17, 15) is 14.4 Å². The smallest absolute Gasteiger partial charge is 0.324 e. The molecule has 0 radical (unpaired) electrons. The van der Waals surface area contributed by atoms with Crippen LogP contribution in [0.3, 0.4) is 0 Å². The van der Waals surface area contributed by atoms with E-state index in [1.165, 1.54) is 18.1 Å². The molecule has 0 unspecified atom stereocenters. The molecule has 18 heavy (non-hydrogen) atoms. The molecular formula is C11H18N2O5. The third kappa shape index (κ3) is 7.39. The first-order valence-corrected chi connectivity index (χ1v) is 5.41. The molecule has 0 aromatic rings. The average molecular weight is 258 g/mol. The lowest BCUT2D eigenvalue weighted by Gasteiger charge is -2.20. The molecule has 0 bridgehead atoms. The van der Waals surface area contributed by atoms with Crippen molar-refractivity contribution >= 4 is 17.9 Å². The Bertz CT molecular complexity index is 317. The van der Waals surface area contributed by atoms with Gasteiger partial charge in [-0.1, -0.05) is 6.08 Å². The van der Waals surface area contributed by atoms with Crippen LogP contribution in [0.5, 0.6) is 0 Å². The first-order chi connectivity index (χ1) is 8.51. The van der Waals surface area contributed by atoms with Crippen LogP contribution in [0, 0.1) is 0 Å². The molecular weight excluding hydrogens is 240 g/mol. The van der Waals surface area contributed by atoms with Crippen LogP contribution in [-0.2, 0) is 14.3 Å². The summed E-state index contributed by atoms with van der Waals surface area (Å²) >= 11 is 0. The molecule has 0 rings (SSSR count). The van der Waals surface area contributed by atoms with E-state index in [1.54, 1.807) is 0 Å². The first kappa shape index (κ1) is 16.1. The molecule has 0 aromatic heterocycles. The normalized spacial score (nSPS) is 9.61. The first-order valence-electron chi connectivity index (χ1n) is 5.41. The number of hydrogen-bond donors (Lipinski definition) is 2. The fourth-order valence-electron chi connectivity index (χ4n) is 1.11. The van der Waals surface area contributed by atoms with Crippen molar-refractivity contribution in [1.29, 1.82) is 0 Å². The fraction of sp³-hybridized carbons (Fsp3) is 0.545. The van der Waals surface area contributed by atoms with Gasteiger partial charge in [0.15, 0.2) is 0 Å². The van der Waals surface area contributed by atoms with Gasteiger partial charge in [-0.2, -0.15) is 0 Å². The number of hydrogen-bond acceptors (Lipinski definition) is 4. The quantitative estimate of drug-likeness (QED) is 0.607. The van der Waals surface area contributed by atoms with Crippen LogP contribution in [0.25, 0.3) is 0 Å². The Balaban J connectivity index is 4.18. The Morgan fingerprint density at radius 3 is 2.56 bits per heavy atom. The van der Waals surface area contributed by atoms with E-state index in [-0.39, 0.29) is 19.4 Å². The molecule has 0 heterocycles. The van der Waals surface area contributed by atoms with Gasteiger partial charge in [-0.25, -0.2) is 4.79 Å². The van der Waals surface area contributed by atoms with Gasteiger partial charge in [0.2, 0.25) is 5.91 Å². The Labute approximate surface area is 105 Å². The highest BCUT2D eigenvalue weighted by Gasteiger charge is 2.15. The van der Waals surface area contributed by atoms with Crippen molar-refractivity contribution in [2.75, 3.05) is 26.8 Å². The molecule has 7 nitrogen and oxygen atoms in total. The van der Waals surface area contributed by atoms with E-state index in [2.05, 4.69) is 11.9 Å². The Hall–Kier alpha value is -1.89. The molecule has 3 amide bonds. The number of carboxylic acid groups (broad SMARTS) is 1. The van der Waals surface area contributed by atoms with Gasteiger partial charge >= 0.3 is 12.0 Å². The van der Waals surface area contributed by atoms with E-state index in [0.717, 1.165) is 0 Å². The molecule has 7 heteroatoms. The highest BCUT2D eigenvalue weighted by molar-refractivity contribution is 5.95. The molecule has 0 saturated heterocycles. The van der Waals surface area contributed by atoms with Crippen LogP contribution in [0.15, 0.2) is 12.7 Å². The number of imide groups is 1. The van der Waals surface area contributed by atoms with Crippen molar-refractivity contribution in [3.8, 4) is 0 Å². The van der Waals surface area contributed by atoms with Crippen molar-refractivity contribution < 1.29 is 24.2 Å². The van der Waals surface area contributed by atoms with Crippen LogP contribution >= 0.6 is 0 Å². The number of ether oxygens (including phenoxy) is 1. The SMILES string of the molecule is C=CCN(CCOC)C(=O)NC(=O)CCC(=O)O. The summed E-state index contributed by atoms with van der Waals surface area (Å²) in [5.74, 6) is -1.70. The maximum atomic E-state index is 11.6. The van der Waals surface area contributed by atoms with Crippen molar-refractivity contribution in [1.82, 2.24) is 10.2 Å². The number of urea groups is 1. The van der Waals surface area contributed by atoms with Crippen molar-refractivity contribution in [3.05, 3.63) is 12.7 Å². The second-order valence-electron chi connectivity index (χ2n) is 3.47. The van der Waals surface area contributed by atoms with Crippen LogP contribution in [0.1, 0.15) is 12.8 Å². The predicted octanol–water partition coefficient (Wildman–Crippen LogP) is 0.222. The number of carbonyl (C=O) groups excluding carboxylic acids is 2. The molecule has 0 fully saturated rings. The Morgan fingerprint density at radius 2 is 2.06 bits per heavy atom. The van der Waals surface area contributed by atoms with Crippen LogP contribution in [-0.4, -0.2) is 54.7 Å². The zero-order valence-electron chi connectivity index (χ0n) is 10.3. The number of carboxylic acids is 1. The molecule has 0 spiro atoms. The summed E-state index contributed by atoms with van der Waals surface area (Å²) in [7, 11) is 1.50. The van der Waals surface area contributed by atoms with Crippen molar-refractivity contribution in [3.63, 3.8) is 0 Å². The summed E-state index contributed by atoms with van der Waals surface area (Å²) in [6.07, 6.45) is 0.989. The molecule has 0 aliphatic rings. The molecule has 2 N–H and O–H groups in total. The number of amides is 3. The minimum absolute atomic E-state index is 0.229. The lowest BCUT2D eigenvalue weighted by molar-refractivity contribution is -0.138. The van der Waals surface area contributed by atoms with Gasteiger partial charge in [-0.05, 0) is 0 Å². The monoisotopic (exact) mass is 258 g/mol. The Kier molecular flexibility index (Phi) is 8.21. The van der Waals surface area contributed by atoms with Gasteiger partial charge in [0.25, 0.3) is 0 Å². The van der Waals surface area contributed by atoms with Gasteiger partial charge < -0.3 is 14.7 Å². The Morgan fingerprint density at radius 1 is 1.39 bits per heavy atom. The molecule has 0 saturated carbocycles. The van der Waals surface area contributed by atoms with E-state index >= 15 is 0 Å². The van der Waals surface area contributed by atoms with Crippen LogP contribution in [0.4, 0.5) is 4.79 Å². The maximum Gasteiger partial charge on any atom is 0.324 e. The highest BCUT2D eigenvalue weighted by atomic mass is 16.5. The van der Waals surface area contributed by atoms with Gasteiger partial charge in [-0.15, -0.1) is 6.58 Å². The second kappa shape index (κ2) is 9.17. The van der Waals surface area contributed by atoms with E-state index in [0.29, 0.717) is 13.2 Å². The van der Waals surface area contributed by atoms with Gasteiger partial charge in [0, 0.05) is 26.6 Å². The molecule has 0 aliphatic carbocycles. The average Bonchev–Trinajstić information content (AvgIpc) is 2.31. The molecule has 0 aliphatic heterocycles. The predicted molar refractivity (Wildman–Crippen MR) is 64.1 cm³/mol. The molecule has 0 aromatic carbocycles. The maximum absolute atomic E-state index is 11.6. The van der Waals surface area contributed by atoms with E-state index in [1.807, 2.05) is 0 Å². The summed E-state index contributed by atoms with van der Waals surface area (Å²) < 4.78 is 4.83.